The molecular weight excluding hydrogens is 377 g/mol. The summed E-state index contributed by atoms with van der Waals surface area (Å²) in [4.78, 5) is 12.1. The van der Waals surface area contributed by atoms with Crippen LogP contribution in [0.2, 0.25) is 0 Å². The van der Waals surface area contributed by atoms with E-state index in [-0.39, 0.29) is 11.9 Å². The van der Waals surface area contributed by atoms with Crippen molar-refractivity contribution in [1.29, 1.82) is 0 Å². The molecule has 4 heteroatoms. The topological polar surface area (TPSA) is 38.3 Å². The van der Waals surface area contributed by atoms with Gasteiger partial charge in [-0.05, 0) is 72.3 Å². The Morgan fingerprint density at radius 2 is 1.86 bits per heavy atom. The molecule has 0 radical (unpaired) electrons. The standard InChI is InChI=1S/C17H18INO2/c1-12-5-3-4-6-16(12)21-11-13(2)19-17(20)14-7-9-15(18)10-8-14/h3-10,13H,11H2,1-2H3,(H,19,20)/t13-/m1/s1. The predicted octanol–water partition coefficient (Wildman–Crippen LogP) is 3.80. The van der Waals surface area contributed by atoms with Crippen molar-refractivity contribution in [2.45, 2.75) is 19.9 Å². The quantitative estimate of drug-likeness (QED) is 0.783. The number of aryl methyl sites for hydroxylation is 1. The molecule has 1 N–H and O–H groups in total. The van der Waals surface area contributed by atoms with Crippen LogP contribution in [0.15, 0.2) is 48.5 Å². The van der Waals surface area contributed by atoms with Gasteiger partial charge < -0.3 is 10.1 Å². The van der Waals surface area contributed by atoms with E-state index in [2.05, 4.69) is 27.9 Å². The van der Waals surface area contributed by atoms with E-state index in [1.54, 1.807) is 0 Å². The fourth-order valence-electron chi connectivity index (χ4n) is 1.88. The maximum Gasteiger partial charge on any atom is 0.251 e. The fourth-order valence-corrected chi connectivity index (χ4v) is 2.24. The lowest BCUT2D eigenvalue weighted by molar-refractivity contribution is 0.0926. The van der Waals surface area contributed by atoms with Gasteiger partial charge in [0.25, 0.3) is 5.91 Å². The molecule has 21 heavy (non-hydrogen) atoms. The number of hydrogen-bond donors (Lipinski definition) is 1. The van der Waals surface area contributed by atoms with Crippen LogP contribution in [0.3, 0.4) is 0 Å². The lowest BCUT2D eigenvalue weighted by Gasteiger charge is -2.16. The second-order valence-corrected chi connectivity index (χ2v) is 6.20. The Kier molecular flexibility index (Phi) is 5.61. The number of nitrogens with one attached hydrogen (secondary N) is 1. The maximum atomic E-state index is 12.1. The van der Waals surface area contributed by atoms with Gasteiger partial charge in [-0.15, -0.1) is 0 Å². The molecule has 2 rings (SSSR count). The number of ether oxygens (including phenoxy) is 1. The average Bonchev–Trinajstić information content (AvgIpc) is 2.47. The largest absolute Gasteiger partial charge is 0.491 e. The third-order valence-electron chi connectivity index (χ3n) is 3.07. The summed E-state index contributed by atoms with van der Waals surface area (Å²) >= 11 is 2.22. The third kappa shape index (κ3) is 4.74. The SMILES string of the molecule is Cc1ccccc1OC[C@@H](C)NC(=O)c1ccc(I)cc1. The molecule has 110 valence electrons. The van der Waals surface area contributed by atoms with Crippen molar-refractivity contribution in [1.82, 2.24) is 5.32 Å². The minimum atomic E-state index is -0.0766. The molecule has 1 amide bonds. The lowest BCUT2D eigenvalue weighted by atomic mass is 10.2. The predicted molar refractivity (Wildman–Crippen MR) is 92.8 cm³/mol. The summed E-state index contributed by atoms with van der Waals surface area (Å²) in [5.41, 5.74) is 1.76. The van der Waals surface area contributed by atoms with Crippen molar-refractivity contribution in [2.75, 3.05) is 6.61 Å². The van der Waals surface area contributed by atoms with Crippen LogP contribution in [0, 0.1) is 10.5 Å². The summed E-state index contributed by atoms with van der Waals surface area (Å²) in [7, 11) is 0. The van der Waals surface area contributed by atoms with Gasteiger partial charge in [0.15, 0.2) is 0 Å². The zero-order valence-corrected chi connectivity index (χ0v) is 14.3. The Bertz CT molecular complexity index is 610. The van der Waals surface area contributed by atoms with Crippen LogP contribution < -0.4 is 10.1 Å². The first-order valence-electron chi connectivity index (χ1n) is 6.81. The van der Waals surface area contributed by atoms with Gasteiger partial charge in [-0.3, -0.25) is 4.79 Å². The molecule has 0 aromatic heterocycles. The van der Waals surface area contributed by atoms with Crippen LogP contribution in [0.1, 0.15) is 22.8 Å². The zero-order chi connectivity index (χ0) is 15.2. The lowest BCUT2D eigenvalue weighted by Crippen LogP contribution is -2.36. The molecule has 0 saturated heterocycles. The molecule has 0 aliphatic carbocycles. The van der Waals surface area contributed by atoms with E-state index in [0.29, 0.717) is 12.2 Å². The fraction of sp³-hybridized carbons (Fsp3) is 0.235. The molecule has 1 atom stereocenters. The van der Waals surface area contributed by atoms with E-state index >= 15 is 0 Å². The molecule has 0 heterocycles. The van der Waals surface area contributed by atoms with Gasteiger partial charge in [0.05, 0.1) is 6.04 Å². The smallest absolute Gasteiger partial charge is 0.251 e. The van der Waals surface area contributed by atoms with Gasteiger partial charge in [0.1, 0.15) is 12.4 Å². The highest BCUT2D eigenvalue weighted by Crippen LogP contribution is 2.16. The van der Waals surface area contributed by atoms with Crippen LogP contribution in [0.5, 0.6) is 5.75 Å². The van der Waals surface area contributed by atoms with Crippen molar-refractivity contribution in [3.63, 3.8) is 0 Å². The molecule has 0 bridgehead atoms. The summed E-state index contributed by atoms with van der Waals surface area (Å²) < 4.78 is 6.85. The van der Waals surface area contributed by atoms with E-state index in [1.807, 2.05) is 62.4 Å². The van der Waals surface area contributed by atoms with Gasteiger partial charge in [0.2, 0.25) is 0 Å². The molecule has 0 unspecified atom stereocenters. The summed E-state index contributed by atoms with van der Waals surface area (Å²) in [6.07, 6.45) is 0. The van der Waals surface area contributed by atoms with Crippen LogP contribution in [-0.2, 0) is 0 Å². The highest BCUT2D eigenvalue weighted by atomic mass is 127. The summed E-state index contributed by atoms with van der Waals surface area (Å²) in [5, 5.41) is 2.94. The highest BCUT2D eigenvalue weighted by Gasteiger charge is 2.10. The molecule has 2 aromatic rings. The Hall–Kier alpha value is -1.56. The van der Waals surface area contributed by atoms with Crippen molar-refractivity contribution < 1.29 is 9.53 Å². The maximum absolute atomic E-state index is 12.1. The van der Waals surface area contributed by atoms with Gasteiger partial charge in [0, 0.05) is 9.13 Å². The van der Waals surface area contributed by atoms with Gasteiger partial charge >= 0.3 is 0 Å². The van der Waals surface area contributed by atoms with Crippen LogP contribution in [0.25, 0.3) is 0 Å². The number of amides is 1. The van der Waals surface area contributed by atoms with E-state index in [4.69, 9.17) is 4.74 Å². The normalized spacial score (nSPS) is 11.8. The van der Waals surface area contributed by atoms with E-state index in [9.17, 15) is 4.79 Å². The van der Waals surface area contributed by atoms with Crippen LogP contribution >= 0.6 is 22.6 Å². The zero-order valence-electron chi connectivity index (χ0n) is 12.1. The van der Waals surface area contributed by atoms with Crippen molar-refractivity contribution >= 4 is 28.5 Å². The first-order chi connectivity index (χ1) is 10.1. The molecule has 2 aromatic carbocycles. The number of rotatable bonds is 5. The Morgan fingerprint density at radius 1 is 1.19 bits per heavy atom. The first-order valence-corrected chi connectivity index (χ1v) is 7.89. The van der Waals surface area contributed by atoms with Crippen LogP contribution in [0.4, 0.5) is 0 Å². The minimum absolute atomic E-state index is 0.0589. The van der Waals surface area contributed by atoms with E-state index in [0.717, 1.165) is 14.9 Å². The third-order valence-corrected chi connectivity index (χ3v) is 3.79. The second-order valence-electron chi connectivity index (χ2n) is 4.96. The van der Waals surface area contributed by atoms with Crippen molar-refractivity contribution in [3.8, 4) is 5.75 Å². The molecular formula is C17H18INO2. The second kappa shape index (κ2) is 7.45. The summed E-state index contributed by atoms with van der Waals surface area (Å²) in [6.45, 7) is 4.38. The van der Waals surface area contributed by atoms with Crippen molar-refractivity contribution in [3.05, 3.63) is 63.2 Å². The minimum Gasteiger partial charge on any atom is -0.491 e. The Morgan fingerprint density at radius 3 is 2.52 bits per heavy atom. The number of benzene rings is 2. The number of para-hydroxylation sites is 1. The Labute approximate surface area is 138 Å². The molecule has 3 nitrogen and oxygen atoms in total. The van der Waals surface area contributed by atoms with Crippen LogP contribution in [-0.4, -0.2) is 18.6 Å². The summed E-state index contributed by atoms with van der Waals surface area (Å²) in [5.74, 6) is 0.778. The molecule has 0 saturated carbocycles. The van der Waals surface area contributed by atoms with Gasteiger partial charge in [-0.2, -0.15) is 0 Å². The average molecular weight is 395 g/mol. The number of carbonyl (C=O) groups is 1. The molecule has 0 aliphatic rings. The summed E-state index contributed by atoms with van der Waals surface area (Å²) in [6, 6.07) is 15.3. The highest BCUT2D eigenvalue weighted by molar-refractivity contribution is 14.1. The first kappa shape index (κ1) is 15.8. The number of hydrogen-bond acceptors (Lipinski definition) is 2. The van der Waals surface area contributed by atoms with Gasteiger partial charge in [-0.25, -0.2) is 0 Å². The molecule has 0 spiro atoms. The Balaban J connectivity index is 1.87. The molecule has 0 fully saturated rings. The van der Waals surface area contributed by atoms with Crippen molar-refractivity contribution in [2.24, 2.45) is 0 Å². The van der Waals surface area contributed by atoms with E-state index < -0.39 is 0 Å². The number of carbonyl (C=O) groups excluding carboxylic acids is 1. The van der Waals surface area contributed by atoms with Gasteiger partial charge in [-0.1, -0.05) is 18.2 Å². The molecule has 0 aliphatic heterocycles. The number of halogens is 1. The monoisotopic (exact) mass is 395 g/mol. The van der Waals surface area contributed by atoms with E-state index in [1.165, 1.54) is 0 Å².